The molecule has 6 nitrogen and oxygen atoms in total. The quantitative estimate of drug-likeness (QED) is 0.830. The standard InChI is InChI=1S/C18H25N3O3/c19-9-14-7-4-8-15(14)20-18(23)16-11-24-12-17(22)21(16)10-13-5-2-1-3-6-13/h1-3,5-6,14-16H,4,7-12,19H2,(H,20,23)/t14?,15?,16-/m1/s1. The van der Waals surface area contributed by atoms with Crippen molar-refractivity contribution in [3.05, 3.63) is 35.9 Å². The van der Waals surface area contributed by atoms with Gasteiger partial charge in [0.1, 0.15) is 12.6 Å². The number of hydrogen-bond donors (Lipinski definition) is 2. The van der Waals surface area contributed by atoms with Gasteiger partial charge in [-0.15, -0.1) is 0 Å². The third kappa shape index (κ3) is 3.76. The summed E-state index contributed by atoms with van der Waals surface area (Å²) in [5.74, 6) is 0.0492. The average Bonchev–Trinajstić information content (AvgIpc) is 3.04. The van der Waals surface area contributed by atoms with E-state index in [4.69, 9.17) is 10.5 Å². The van der Waals surface area contributed by atoms with Crippen molar-refractivity contribution in [1.29, 1.82) is 0 Å². The van der Waals surface area contributed by atoms with E-state index in [1.165, 1.54) is 0 Å². The van der Waals surface area contributed by atoms with Crippen LogP contribution in [0.4, 0.5) is 0 Å². The smallest absolute Gasteiger partial charge is 0.249 e. The summed E-state index contributed by atoms with van der Waals surface area (Å²) >= 11 is 0. The van der Waals surface area contributed by atoms with Crippen molar-refractivity contribution in [2.24, 2.45) is 11.7 Å². The van der Waals surface area contributed by atoms with Crippen LogP contribution < -0.4 is 11.1 Å². The predicted octanol–water partition coefficient (Wildman–Crippen LogP) is 0.658. The Labute approximate surface area is 142 Å². The molecule has 130 valence electrons. The molecule has 1 aliphatic carbocycles. The second kappa shape index (κ2) is 7.77. The minimum atomic E-state index is -0.578. The number of hydrogen-bond acceptors (Lipinski definition) is 4. The van der Waals surface area contributed by atoms with Crippen molar-refractivity contribution in [2.75, 3.05) is 19.8 Å². The van der Waals surface area contributed by atoms with Crippen molar-refractivity contribution < 1.29 is 14.3 Å². The van der Waals surface area contributed by atoms with Gasteiger partial charge in [0.25, 0.3) is 0 Å². The maximum atomic E-state index is 12.7. The number of nitrogens with zero attached hydrogens (tertiary/aromatic N) is 1. The third-order valence-electron chi connectivity index (χ3n) is 4.99. The van der Waals surface area contributed by atoms with Gasteiger partial charge in [0.2, 0.25) is 11.8 Å². The van der Waals surface area contributed by atoms with E-state index in [0.717, 1.165) is 24.8 Å². The first-order chi connectivity index (χ1) is 11.7. The fourth-order valence-electron chi connectivity index (χ4n) is 3.59. The van der Waals surface area contributed by atoms with Gasteiger partial charge >= 0.3 is 0 Å². The molecule has 1 aliphatic heterocycles. The fraction of sp³-hybridized carbons (Fsp3) is 0.556. The largest absolute Gasteiger partial charge is 0.369 e. The fourth-order valence-corrected chi connectivity index (χ4v) is 3.59. The maximum absolute atomic E-state index is 12.7. The molecule has 1 saturated carbocycles. The van der Waals surface area contributed by atoms with Gasteiger partial charge in [-0.1, -0.05) is 36.8 Å². The Balaban J connectivity index is 1.69. The Kier molecular flexibility index (Phi) is 5.48. The lowest BCUT2D eigenvalue weighted by molar-refractivity contribution is -0.156. The first-order valence-corrected chi connectivity index (χ1v) is 8.60. The summed E-state index contributed by atoms with van der Waals surface area (Å²) in [5.41, 5.74) is 6.80. The molecule has 0 spiro atoms. The Hall–Kier alpha value is -1.92. The Morgan fingerprint density at radius 1 is 1.29 bits per heavy atom. The zero-order valence-electron chi connectivity index (χ0n) is 13.8. The highest BCUT2D eigenvalue weighted by Crippen LogP contribution is 2.25. The summed E-state index contributed by atoms with van der Waals surface area (Å²) in [6.45, 7) is 1.28. The van der Waals surface area contributed by atoms with Gasteiger partial charge in [0.05, 0.1) is 6.61 Å². The SMILES string of the molecule is NCC1CCCC1NC(=O)[C@H]1COCC(=O)N1Cc1ccccc1. The number of carbonyl (C=O) groups is 2. The molecular weight excluding hydrogens is 306 g/mol. The molecule has 1 heterocycles. The van der Waals surface area contributed by atoms with E-state index in [-0.39, 0.29) is 31.1 Å². The zero-order chi connectivity index (χ0) is 16.9. The summed E-state index contributed by atoms with van der Waals surface area (Å²) < 4.78 is 5.32. The van der Waals surface area contributed by atoms with Crippen LogP contribution in [-0.2, 0) is 20.9 Å². The molecule has 1 aromatic carbocycles. The molecule has 2 amide bonds. The third-order valence-corrected chi connectivity index (χ3v) is 4.99. The molecule has 2 fully saturated rings. The van der Waals surface area contributed by atoms with Crippen LogP contribution in [0.2, 0.25) is 0 Å². The molecular formula is C18H25N3O3. The second-order valence-corrected chi connectivity index (χ2v) is 6.58. The van der Waals surface area contributed by atoms with E-state index < -0.39 is 6.04 Å². The Bertz CT molecular complexity index is 578. The highest BCUT2D eigenvalue weighted by atomic mass is 16.5. The van der Waals surface area contributed by atoms with E-state index in [2.05, 4.69) is 5.32 Å². The van der Waals surface area contributed by atoms with Gasteiger partial charge in [-0.25, -0.2) is 0 Å². The normalized spacial score (nSPS) is 27.3. The molecule has 0 aromatic heterocycles. The van der Waals surface area contributed by atoms with Gasteiger partial charge in [-0.3, -0.25) is 9.59 Å². The number of nitrogens with two attached hydrogens (primary N) is 1. The summed E-state index contributed by atoms with van der Waals surface area (Å²) in [7, 11) is 0. The van der Waals surface area contributed by atoms with Crippen LogP contribution >= 0.6 is 0 Å². The summed E-state index contributed by atoms with van der Waals surface area (Å²) in [5, 5.41) is 3.09. The van der Waals surface area contributed by atoms with Crippen LogP contribution in [0.25, 0.3) is 0 Å². The summed E-state index contributed by atoms with van der Waals surface area (Å²) in [6, 6.07) is 9.24. The molecule has 1 saturated heterocycles. The minimum absolute atomic E-state index is 0.0332. The van der Waals surface area contributed by atoms with Gasteiger partial charge in [-0.05, 0) is 30.9 Å². The van der Waals surface area contributed by atoms with E-state index in [9.17, 15) is 9.59 Å². The predicted molar refractivity (Wildman–Crippen MR) is 89.9 cm³/mol. The Morgan fingerprint density at radius 2 is 2.08 bits per heavy atom. The number of ether oxygens (including phenoxy) is 1. The van der Waals surface area contributed by atoms with E-state index in [1.54, 1.807) is 4.90 Å². The van der Waals surface area contributed by atoms with Gasteiger partial charge < -0.3 is 20.7 Å². The molecule has 0 radical (unpaired) electrons. The van der Waals surface area contributed by atoms with Crippen molar-refractivity contribution in [1.82, 2.24) is 10.2 Å². The van der Waals surface area contributed by atoms with Gasteiger partial charge in [0.15, 0.2) is 0 Å². The molecule has 2 aliphatic rings. The number of benzene rings is 1. The summed E-state index contributed by atoms with van der Waals surface area (Å²) in [6.07, 6.45) is 3.09. The molecule has 6 heteroatoms. The number of morpholine rings is 1. The molecule has 1 aromatic rings. The van der Waals surface area contributed by atoms with E-state index in [1.807, 2.05) is 30.3 Å². The van der Waals surface area contributed by atoms with Crippen molar-refractivity contribution in [3.63, 3.8) is 0 Å². The van der Waals surface area contributed by atoms with Crippen LogP contribution in [0.3, 0.4) is 0 Å². The molecule has 3 N–H and O–H groups in total. The zero-order valence-corrected chi connectivity index (χ0v) is 13.8. The van der Waals surface area contributed by atoms with Crippen molar-refractivity contribution >= 4 is 11.8 Å². The lowest BCUT2D eigenvalue weighted by Crippen LogP contribution is -2.57. The topological polar surface area (TPSA) is 84.7 Å². The number of nitrogens with one attached hydrogen (secondary N) is 1. The van der Waals surface area contributed by atoms with Crippen LogP contribution in [0.1, 0.15) is 24.8 Å². The van der Waals surface area contributed by atoms with Crippen LogP contribution in [0, 0.1) is 5.92 Å². The number of amides is 2. The molecule has 24 heavy (non-hydrogen) atoms. The van der Waals surface area contributed by atoms with Crippen LogP contribution in [-0.4, -0.2) is 48.6 Å². The number of rotatable bonds is 5. The monoisotopic (exact) mass is 331 g/mol. The molecule has 2 unspecified atom stereocenters. The highest BCUT2D eigenvalue weighted by molar-refractivity contribution is 5.89. The highest BCUT2D eigenvalue weighted by Gasteiger charge is 2.36. The van der Waals surface area contributed by atoms with E-state index in [0.29, 0.717) is 19.0 Å². The van der Waals surface area contributed by atoms with Crippen LogP contribution in [0.15, 0.2) is 30.3 Å². The van der Waals surface area contributed by atoms with Crippen molar-refractivity contribution in [2.45, 2.75) is 37.9 Å². The lowest BCUT2D eigenvalue weighted by atomic mass is 10.0. The second-order valence-electron chi connectivity index (χ2n) is 6.58. The summed E-state index contributed by atoms with van der Waals surface area (Å²) in [4.78, 5) is 26.6. The maximum Gasteiger partial charge on any atom is 0.249 e. The van der Waals surface area contributed by atoms with Crippen molar-refractivity contribution in [3.8, 4) is 0 Å². The molecule has 3 atom stereocenters. The first-order valence-electron chi connectivity index (χ1n) is 8.60. The minimum Gasteiger partial charge on any atom is -0.369 e. The van der Waals surface area contributed by atoms with Crippen LogP contribution in [0.5, 0.6) is 0 Å². The Morgan fingerprint density at radius 3 is 2.83 bits per heavy atom. The number of carbonyl (C=O) groups excluding carboxylic acids is 2. The van der Waals surface area contributed by atoms with E-state index >= 15 is 0 Å². The average molecular weight is 331 g/mol. The first kappa shape index (κ1) is 16.9. The molecule has 0 bridgehead atoms. The van der Waals surface area contributed by atoms with Gasteiger partial charge in [-0.2, -0.15) is 0 Å². The lowest BCUT2D eigenvalue weighted by Gasteiger charge is -2.35. The molecule has 3 rings (SSSR count). The van der Waals surface area contributed by atoms with Gasteiger partial charge in [0, 0.05) is 12.6 Å².